The fourth-order valence-corrected chi connectivity index (χ4v) is 4.97. The number of thioether (sulfide) groups is 1. The van der Waals surface area contributed by atoms with Gasteiger partial charge < -0.3 is 9.64 Å². The topological polar surface area (TPSA) is 53.6 Å². The van der Waals surface area contributed by atoms with E-state index in [1.807, 2.05) is 30.0 Å². The number of morpholine rings is 1. The summed E-state index contributed by atoms with van der Waals surface area (Å²) in [4.78, 5) is 7.24. The second kappa shape index (κ2) is 5.94. The molecule has 0 unspecified atom stereocenters. The van der Waals surface area contributed by atoms with Gasteiger partial charge in [-0.1, -0.05) is 12.1 Å². The molecular formula is C19H18N4OS. The predicted octanol–water partition coefficient (Wildman–Crippen LogP) is 2.99. The van der Waals surface area contributed by atoms with Crippen LogP contribution < -0.4 is 4.90 Å². The predicted molar refractivity (Wildman–Crippen MR) is 100 cm³/mol. The molecule has 126 valence electrons. The molecule has 0 aliphatic carbocycles. The van der Waals surface area contributed by atoms with Crippen molar-refractivity contribution in [2.75, 3.05) is 37.0 Å². The minimum absolute atomic E-state index is 0.746. The number of nitrogens with zero attached hydrogens (tertiary/aromatic N) is 4. The summed E-state index contributed by atoms with van der Waals surface area (Å²) in [6, 6.07) is 10.6. The third kappa shape index (κ3) is 2.23. The second-order valence-electron chi connectivity index (χ2n) is 6.43. The zero-order chi connectivity index (χ0) is 16.8. The second-order valence-corrected chi connectivity index (χ2v) is 7.53. The maximum Gasteiger partial charge on any atom is 0.157 e. The van der Waals surface area contributed by atoms with Gasteiger partial charge in [0.1, 0.15) is 11.9 Å². The van der Waals surface area contributed by atoms with Crippen LogP contribution in [0.3, 0.4) is 0 Å². The van der Waals surface area contributed by atoms with Gasteiger partial charge in [0.15, 0.2) is 5.65 Å². The van der Waals surface area contributed by atoms with Crippen molar-refractivity contribution >= 4 is 34.3 Å². The lowest BCUT2D eigenvalue weighted by molar-refractivity contribution is 0.122. The lowest BCUT2D eigenvalue weighted by atomic mass is 10.0. The van der Waals surface area contributed by atoms with Crippen molar-refractivity contribution in [1.29, 1.82) is 5.26 Å². The van der Waals surface area contributed by atoms with Crippen molar-refractivity contribution < 1.29 is 4.74 Å². The van der Waals surface area contributed by atoms with Crippen molar-refractivity contribution in [1.82, 2.24) is 9.38 Å². The first-order chi connectivity index (χ1) is 12.4. The molecule has 2 aliphatic rings. The van der Waals surface area contributed by atoms with Crippen molar-refractivity contribution in [2.24, 2.45) is 0 Å². The van der Waals surface area contributed by atoms with E-state index in [-0.39, 0.29) is 0 Å². The maximum atomic E-state index is 9.87. The first-order valence-electron chi connectivity index (χ1n) is 8.64. The summed E-state index contributed by atoms with van der Waals surface area (Å²) >= 11 is 1.95. The third-order valence-electron chi connectivity index (χ3n) is 5.10. The maximum absolute atomic E-state index is 9.87. The number of pyridine rings is 1. The number of aromatic nitrogens is 2. The minimum Gasteiger partial charge on any atom is -0.378 e. The molecule has 0 atom stereocenters. The number of para-hydroxylation sites is 2. The SMILES string of the molecule is N#Cc1c2c(c(N3CCOCC3)n3c1nc1ccccc13)CSCC2. The van der Waals surface area contributed by atoms with Gasteiger partial charge in [0.2, 0.25) is 0 Å². The van der Waals surface area contributed by atoms with Crippen LogP contribution in [0.5, 0.6) is 0 Å². The minimum atomic E-state index is 0.746. The zero-order valence-corrected chi connectivity index (χ0v) is 14.7. The van der Waals surface area contributed by atoms with Crippen LogP contribution in [0.1, 0.15) is 16.7 Å². The normalized spacial score (nSPS) is 17.6. The summed E-state index contributed by atoms with van der Waals surface area (Å²) in [6.07, 6.45) is 0.944. The Bertz CT molecular complexity index is 1010. The highest BCUT2D eigenvalue weighted by Gasteiger charge is 2.28. The van der Waals surface area contributed by atoms with Crippen LogP contribution in [-0.4, -0.2) is 41.4 Å². The first-order valence-corrected chi connectivity index (χ1v) is 9.79. The molecule has 3 aromatic rings. The van der Waals surface area contributed by atoms with Gasteiger partial charge in [-0.3, -0.25) is 4.40 Å². The average Bonchev–Trinajstić information content (AvgIpc) is 3.05. The fraction of sp³-hybridized carbons (Fsp3) is 0.368. The molecule has 1 saturated heterocycles. The molecule has 0 radical (unpaired) electrons. The molecule has 5 rings (SSSR count). The average molecular weight is 350 g/mol. The molecule has 1 aromatic carbocycles. The van der Waals surface area contributed by atoms with Crippen molar-refractivity contribution in [3.63, 3.8) is 0 Å². The highest BCUT2D eigenvalue weighted by molar-refractivity contribution is 7.98. The van der Waals surface area contributed by atoms with E-state index in [0.717, 1.165) is 66.5 Å². The molecule has 0 saturated carbocycles. The molecule has 0 bridgehead atoms. The molecule has 2 aromatic heterocycles. The standard InChI is InChI=1S/C19H18N4OS/c20-11-14-13-5-10-25-12-15(13)19(22-6-8-24-9-7-22)23-17-4-2-1-3-16(17)21-18(14)23/h1-4H,5-10,12H2. The number of nitriles is 1. The molecule has 4 heterocycles. The Kier molecular flexibility index (Phi) is 3.58. The number of benzene rings is 1. The van der Waals surface area contributed by atoms with Crippen LogP contribution in [0, 0.1) is 11.3 Å². The van der Waals surface area contributed by atoms with E-state index in [4.69, 9.17) is 9.72 Å². The van der Waals surface area contributed by atoms with E-state index in [1.54, 1.807) is 0 Å². The molecule has 0 N–H and O–H groups in total. The zero-order valence-electron chi connectivity index (χ0n) is 13.9. The van der Waals surface area contributed by atoms with Crippen molar-refractivity contribution in [3.05, 3.63) is 41.0 Å². The van der Waals surface area contributed by atoms with Gasteiger partial charge in [0.05, 0.1) is 29.8 Å². The van der Waals surface area contributed by atoms with E-state index in [9.17, 15) is 5.26 Å². The molecular weight excluding hydrogens is 332 g/mol. The summed E-state index contributed by atoms with van der Waals surface area (Å²) in [5.41, 5.74) is 6.09. The summed E-state index contributed by atoms with van der Waals surface area (Å²) in [7, 11) is 0. The summed E-state index contributed by atoms with van der Waals surface area (Å²) in [5.74, 6) is 3.24. The van der Waals surface area contributed by atoms with Crippen LogP contribution in [-0.2, 0) is 16.9 Å². The Morgan fingerprint density at radius 3 is 2.84 bits per heavy atom. The quantitative estimate of drug-likeness (QED) is 0.675. The van der Waals surface area contributed by atoms with E-state index < -0.39 is 0 Å². The molecule has 25 heavy (non-hydrogen) atoms. The Balaban J connectivity index is 1.93. The molecule has 5 nitrogen and oxygen atoms in total. The van der Waals surface area contributed by atoms with Crippen molar-refractivity contribution in [2.45, 2.75) is 12.2 Å². The van der Waals surface area contributed by atoms with Gasteiger partial charge >= 0.3 is 0 Å². The van der Waals surface area contributed by atoms with Crippen LogP contribution in [0.15, 0.2) is 24.3 Å². The molecule has 6 heteroatoms. The number of anilines is 1. The Morgan fingerprint density at radius 2 is 2.00 bits per heavy atom. The number of hydrogen-bond acceptors (Lipinski definition) is 5. The largest absolute Gasteiger partial charge is 0.378 e. The van der Waals surface area contributed by atoms with Gasteiger partial charge in [-0.25, -0.2) is 4.98 Å². The van der Waals surface area contributed by atoms with E-state index in [0.29, 0.717) is 0 Å². The Hall–Kier alpha value is -2.23. The van der Waals surface area contributed by atoms with Crippen LogP contribution in [0.2, 0.25) is 0 Å². The third-order valence-corrected chi connectivity index (χ3v) is 6.08. The highest BCUT2D eigenvalue weighted by atomic mass is 32.2. The van der Waals surface area contributed by atoms with Gasteiger partial charge in [-0.15, -0.1) is 0 Å². The smallest absolute Gasteiger partial charge is 0.157 e. The molecule has 2 aliphatic heterocycles. The number of fused-ring (bicyclic) bond motifs is 4. The lowest BCUT2D eigenvalue weighted by Gasteiger charge is -2.33. The van der Waals surface area contributed by atoms with Gasteiger partial charge in [-0.05, 0) is 29.9 Å². The van der Waals surface area contributed by atoms with Crippen LogP contribution in [0.4, 0.5) is 5.82 Å². The van der Waals surface area contributed by atoms with Crippen molar-refractivity contribution in [3.8, 4) is 6.07 Å². The monoisotopic (exact) mass is 350 g/mol. The van der Waals surface area contributed by atoms with Gasteiger partial charge in [-0.2, -0.15) is 17.0 Å². The van der Waals surface area contributed by atoms with Gasteiger partial charge in [0, 0.05) is 24.4 Å². The van der Waals surface area contributed by atoms with E-state index in [1.165, 1.54) is 16.9 Å². The van der Waals surface area contributed by atoms with Gasteiger partial charge in [0.25, 0.3) is 0 Å². The fourth-order valence-electron chi connectivity index (χ4n) is 3.96. The van der Waals surface area contributed by atoms with Crippen LogP contribution >= 0.6 is 11.8 Å². The van der Waals surface area contributed by atoms with E-state index >= 15 is 0 Å². The summed E-state index contributed by atoms with van der Waals surface area (Å²) in [6.45, 7) is 3.25. The number of hydrogen-bond donors (Lipinski definition) is 0. The number of rotatable bonds is 1. The highest BCUT2D eigenvalue weighted by Crippen LogP contribution is 2.38. The molecule has 0 spiro atoms. The van der Waals surface area contributed by atoms with E-state index in [2.05, 4.69) is 21.4 Å². The molecule has 0 amide bonds. The first kappa shape index (κ1) is 15.1. The van der Waals surface area contributed by atoms with Crippen LogP contribution in [0.25, 0.3) is 16.7 Å². The lowest BCUT2D eigenvalue weighted by Crippen LogP contribution is -2.38. The number of ether oxygens (including phenoxy) is 1. The number of imidazole rings is 1. The molecule has 1 fully saturated rings. The summed E-state index contributed by atoms with van der Waals surface area (Å²) in [5, 5.41) is 9.87. The summed E-state index contributed by atoms with van der Waals surface area (Å²) < 4.78 is 7.78. The Labute approximate surface area is 150 Å². The Morgan fingerprint density at radius 1 is 1.16 bits per heavy atom.